The smallest absolute Gasteiger partial charge is 0.0248 e. The van der Waals surface area contributed by atoms with Crippen LogP contribution in [0.25, 0.3) is 0 Å². The van der Waals surface area contributed by atoms with Gasteiger partial charge in [-0.15, -0.1) is 11.3 Å². The van der Waals surface area contributed by atoms with Gasteiger partial charge in [-0.3, -0.25) is 0 Å². The summed E-state index contributed by atoms with van der Waals surface area (Å²) >= 11 is 1.88. The van der Waals surface area contributed by atoms with Gasteiger partial charge in [0.25, 0.3) is 0 Å². The number of hydrogen-bond donors (Lipinski definition) is 1. The Balaban J connectivity index is 2.43. The van der Waals surface area contributed by atoms with Crippen LogP contribution in [0.4, 0.5) is 0 Å². The number of rotatable bonds is 2. The maximum absolute atomic E-state index is 6.34. The maximum Gasteiger partial charge on any atom is 0.0248 e. The molecule has 2 N–H and O–H groups in total. The zero-order chi connectivity index (χ0) is 10.6. The average Bonchev–Trinajstić information content (AvgIpc) is 2.72. The lowest BCUT2D eigenvalue weighted by Gasteiger charge is -2.32. The highest BCUT2D eigenvalue weighted by molar-refractivity contribution is 7.12. The minimum Gasteiger partial charge on any atom is -0.324 e. The van der Waals surface area contributed by atoms with Gasteiger partial charge in [-0.2, -0.15) is 0 Å². The van der Waals surface area contributed by atoms with Gasteiger partial charge in [0.2, 0.25) is 0 Å². The molecule has 0 unspecified atom stereocenters. The predicted molar refractivity (Wildman–Crippen MR) is 63.0 cm³/mol. The van der Waals surface area contributed by atoms with Crippen molar-refractivity contribution < 1.29 is 0 Å². The fourth-order valence-electron chi connectivity index (χ4n) is 2.28. The SMILES string of the molecule is Cc1cc(C(C)(C)C2(N)CC2)c(C)s1. The second kappa shape index (κ2) is 2.83. The molecule has 0 aliphatic heterocycles. The molecule has 1 fully saturated rings. The van der Waals surface area contributed by atoms with E-state index in [1.807, 2.05) is 11.3 Å². The van der Waals surface area contributed by atoms with Crippen molar-refractivity contribution >= 4 is 11.3 Å². The number of hydrogen-bond acceptors (Lipinski definition) is 2. The first kappa shape index (κ1) is 10.2. The molecule has 0 spiro atoms. The molecule has 0 bridgehead atoms. The first-order valence-corrected chi connectivity index (χ1v) is 6.05. The minimum absolute atomic E-state index is 0.0608. The topological polar surface area (TPSA) is 26.0 Å². The van der Waals surface area contributed by atoms with E-state index in [0.717, 1.165) is 0 Å². The van der Waals surface area contributed by atoms with Gasteiger partial charge in [-0.1, -0.05) is 13.8 Å². The molecule has 2 rings (SSSR count). The van der Waals surface area contributed by atoms with E-state index < -0.39 is 0 Å². The summed E-state index contributed by atoms with van der Waals surface area (Å²) in [5.74, 6) is 0. The Bertz CT molecular complexity index is 358. The van der Waals surface area contributed by atoms with Crippen molar-refractivity contribution in [2.45, 2.75) is 51.5 Å². The van der Waals surface area contributed by atoms with Crippen molar-refractivity contribution in [3.63, 3.8) is 0 Å². The summed E-state index contributed by atoms with van der Waals surface area (Å²) < 4.78 is 0. The zero-order valence-corrected chi connectivity index (χ0v) is 10.3. The molecule has 1 heterocycles. The maximum atomic E-state index is 6.34. The molecule has 1 aromatic rings. The molecule has 0 saturated heterocycles. The summed E-state index contributed by atoms with van der Waals surface area (Å²) in [5.41, 5.74) is 8.00. The molecule has 0 amide bonds. The molecule has 1 aliphatic carbocycles. The van der Waals surface area contributed by atoms with Crippen LogP contribution in [0.5, 0.6) is 0 Å². The molecule has 1 aliphatic rings. The number of aryl methyl sites for hydroxylation is 2. The zero-order valence-electron chi connectivity index (χ0n) is 9.48. The summed E-state index contributed by atoms with van der Waals surface area (Å²) in [6, 6.07) is 2.31. The molecule has 0 aromatic carbocycles. The van der Waals surface area contributed by atoms with E-state index in [9.17, 15) is 0 Å². The Morgan fingerprint density at radius 1 is 1.36 bits per heavy atom. The van der Waals surface area contributed by atoms with Gasteiger partial charge in [0.1, 0.15) is 0 Å². The van der Waals surface area contributed by atoms with Crippen molar-refractivity contribution in [3.8, 4) is 0 Å². The number of thiophene rings is 1. The Hall–Kier alpha value is -0.340. The fourth-order valence-corrected chi connectivity index (χ4v) is 3.36. The average molecular weight is 209 g/mol. The Morgan fingerprint density at radius 3 is 2.29 bits per heavy atom. The molecule has 1 saturated carbocycles. The van der Waals surface area contributed by atoms with Crippen molar-refractivity contribution in [1.82, 2.24) is 0 Å². The van der Waals surface area contributed by atoms with Crippen LogP contribution < -0.4 is 5.73 Å². The van der Waals surface area contributed by atoms with Crippen LogP contribution >= 0.6 is 11.3 Å². The lowest BCUT2D eigenvalue weighted by atomic mass is 9.76. The van der Waals surface area contributed by atoms with E-state index >= 15 is 0 Å². The first-order valence-electron chi connectivity index (χ1n) is 5.23. The van der Waals surface area contributed by atoms with Crippen LogP contribution in [0.1, 0.15) is 42.0 Å². The van der Waals surface area contributed by atoms with Gasteiger partial charge < -0.3 is 5.73 Å². The van der Waals surface area contributed by atoms with Crippen molar-refractivity contribution in [3.05, 3.63) is 21.4 Å². The fraction of sp³-hybridized carbons (Fsp3) is 0.667. The molecule has 1 nitrogen and oxygen atoms in total. The lowest BCUT2D eigenvalue weighted by Crippen LogP contribution is -2.43. The van der Waals surface area contributed by atoms with Crippen molar-refractivity contribution in [2.75, 3.05) is 0 Å². The van der Waals surface area contributed by atoms with Gasteiger partial charge in [-0.25, -0.2) is 0 Å². The second-order valence-corrected chi connectivity index (χ2v) is 6.57. The third-order valence-electron chi connectivity index (χ3n) is 3.75. The Labute approximate surface area is 90.3 Å². The van der Waals surface area contributed by atoms with E-state index in [4.69, 9.17) is 5.73 Å². The minimum atomic E-state index is 0.0608. The van der Waals surface area contributed by atoms with Crippen LogP contribution in [0, 0.1) is 13.8 Å². The van der Waals surface area contributed by atoms with Crippen LogP contribution in [0.2, 0.25) is 0 Å². The van der Waals surface area contributed by atoms with Gasteiger partial charge in [0, 0.05) is 20.7 Å². The van der Waals surface area contributed by atoms with E-state index in [0.29, 0.717) is 0 Å². The van der Waals surface area contributed by atoms with Crippen LogP contribution in [0.3, 0.4) is 0 Å². The van der Waals surface area contributed by atoms with Crippen LogP contribution in [-0.2, 0) is 5.41 Å². The quantitative estimate of drug-likeness (QED) is 0.795. The standard InChI is InChI=1S/C12H19NS/c1-8-7-10(9(2)14-8)11(3,4)12(13)5-6-12/h7H,5-6,13H2,1-4H3. The summed E-state index contributed by atoms with van der Waals surface area (Å²) in [6.07, 6.45) is 2.35. The monoisotopic (exact) mass is 209 g/mol. The number of nitrogens with two attached hydrogens (primary N) is 1. The largest absolute Gasteiger partial charge is 0.324 e. The predicted octanol–water partition coefficient (Wildman–Crippen LogP) is 3.13. The highest BCUT2D eigenvalue weighted by Crippen LogP contribution is 2.50. The second-order valence-electron chi connectivity index (χ2n) is 5.11. The Kier molecular flexibility index (Phi) is 2.06. The lowest BCUT2D eigenvalue weighted by molar-refractivity contribution is 0.391. The highest BCUT2D eigenvalue weighted by Gasteiger charge is 2.52. The molecule has 14 heavy (non-hydrogen) atoms. The molecule has 2 heteroatoms. The molecule has 0 radical (unpaired) electrons. The summed E-state index contributed by atoms with van der Waals surface area (Å²) in [7, 11) is 0. The third-order valence-corrected chi connectivity index (χ3v) is 4.71. The molecule has 78 valence electrons. The third kappa shape index (κ3) is 1.32. The summed E-state index contributed by atoms with van der Waals surface area (Å²) in [4.78, 5) is 2.83. The van der Waals surface area contributed by atoms with Crippen LogP contribution in [-0.4, -0.2) is 5.54 Å². The van der Waals surface area contributed by atoms with Crippen LogP contribution in [0.15, 0.2) is 6.07 Å². The molecular weight excluding hydrogens is 190 g/mol. The van der Waals surface area contributed by atoms with Crippen molar-refractivity contribution in [2.24, 2.45) is 5.73 Å². The Morgan fingerprint density at radius 2 is 1.93 bits per heavy atom. The molecular formula is C12H19NS. The van der Waals surface area contributed by atoms with Crippen molar-refractivity contribution in [1.29, 1.82) is 0 Å². The van der Waals surface area contributed by atoms with E-state index in [1.54, 1.807) is 0 Å². The van der Waals surface area contributed by atoms with E-state index in [2.05, 4.69) is 33.8 Å². The van der Waals surface area contributed by atoms with Gasteiger partial charge in [0.05, 0.1) is 0 Å². The summed E-state index contributed by atoms with van der Waals surface area (Å²) in [6.45, 7) is 8.96. The molecule has 0 atom stereocenters. The first-order chi connectivity index (χ1) is 6.37. The van der Waals surface area contributed by atoms with Gasteiger partial charge in [0.15, 0.2) is 0 Å². The summed E-state index contributed by atoms with van der Waals surface area (Å²) in [5, 5.41) is 0. The van der Waals surface area contributed by atoms with Gasteiger partial charge >= 0.3 is 0 Å². The van der Waals surface area contributed by atoms with E-state index in [-0.39, 0.29) is 11.0 Å². The highest BCUT2D eigenvalue weighted by atomic mass is 32.1. The normalized spacial score (nSPS) is 19.8. The van der Waals surface area contributed by atoms with E-state index in [1.165, 1.54) is 28.2 Å². The van der Waals surface area contributed by atoms with Gasteiger partial charge in [-0.05, 0) is 38.3 Å². The molecule has 1 aromatic heterocycles.